The molecule has 107 heavy (non-hydrogen) atoms. The molecule has 5 aromatic carbocycles. The fraction of sp³-hybridized carbons (Fsp3) is 0.494. The number of nitrogens with one attached hydrogen (secondary N) is 3. The maximum atomic E-state index is 15.5. The van der Waals surface area contributed by atoms with Crippen LogP contribution in [0.1, 0.15) is 122 Å². The first-order chi connectivity index (χ1) is 51.5. The smallest absolute Gasteiger partial charge is 0.322 e. The van der Waals surface area contributed by atoms with E-state index in [-0.39, 0.29) is 43.0 Å². The molecule has 0 radical (unpaired) electrons. The van der Waals surface area contributed by atoms with Crippen molar-refractivity contribution in [1.82, 2.24) is 30.3 Å². The molecule has 6 aromatic rings. The van der Waals surface area contributed by atoms with Crippen molar-refractivity contribution in [3.63, 3.8) is 0 Å². The number of H-pyrrole nitrogens is 1. The molecule has 8 aliphatic heterocycles. The summed E-state index contributed by atoms with van der Waals surface area (Å²) in [5, 5.41) is 34.3. The van der Waals surface area contributed by atoms with Gasteiger partial charge >= 0.3 is 17.9 Å². The molecule has 10 aliphatic rings. The summed E-state index contributed by atoms with van der Waals surface area (Å²) in [6, 6.07) is 31.2. The Morgan fingerprint density at radius 2 is 1.13 bits per heavy atom. The minimum Gasteiger partial charge on any atom is -0.497 e. The fourth-order valence-corrected chi connectivity index (χ4v) is 22.9. The highest BCUT2D eigenvalue weighted by Crippen LogP contribution is 2.70. The molecular weight excluding hydrogens is 1360 g/mol. The van der Waals surface area contributed by atoms with Crippen LogP contribution in [0.2, 0.25) is 0 Å². The Labute approximate surface area is 626 Å². The van der Waals surface area contributed by atoms with E-state index in [1.54, 1.807) is 62.8 Å². The van der Waals surface area contributed by atoms with E-state index in [1.165, 1.54) is 40.7 Å². The number of hydrogen-bond donors (Lipinski definition) is 5. The Kier molecular flexibility index (Phi) is 18.8. The van der Waals surface area contributed by atoms with Crippen molar-refractivity contribution in [2.75, 3.05) is 118 Å². The normalized spacial score (nSPS) is 32.3. The molecule has 2 bridgehead atoms. The molecule has 22 heteroatoms. The van der Waals surface area contributed by atoms with Crippen LogP contribution in [0.3, 0.4) is 0 Å². The Bertz CT molecular complexity index is 4630. The Morgan fingerprint density at radius 1 is 0.598 bits per heavy atom. The minimum absolute atomic E-state index is 0.0124. The number of nitrogens with zero attached hydrogens (tertiary/aromatic N) is 5. The SMILES string of the molecule is CCC1=C[C@@H]2CN(CCc3c([nH]c4ccccc34)[C@@](C(=O)OC)(c3cc4c(cc3OC)N(C)[C@H]3[C@@](O)(CNC(=O)c5ccccc5OC)[C@H](OC(C)=O)[C@]5(CC)C=CCN6CC[C@]43C65)C2)C1.CC[C@]12C=CCN3CC[C@@]4(c5ccc(OC)cc5N(C)[C@H]4[C@@](O)(CNC(=O)c4ccccc4OC)[C@@H]1OC(C)=O)C32. The van der Waals surface area contributed by atoms with Crippen molar-refractivity contribution >= 4 is 52.0 Å². The van der Waals surface area contributed by atoms with Crippen LogP contribution >= 0.6 is 0 Å². The van der Waals surface area contributed by atoms with Crippen LogP contribution in [-0.2, 0) is 51.3 Å². The summed E-state index contributed by atoms with van der Waals surface area (Å²) < 4.78 is 41.7. The van der Waals surface area contributed by atoms with Gasteiger partial charge in [-0.3, -0.25) is 38.7 Å². The van der Waals surface area contributed by atoms with Crippen LogP contribution in [0, 0.1) is 16.7 Å². The molecule has 9 heterocycles. The number of esters is 3. The number of benzene rings is 5. The van der Waals surface area contributed by atoms with Gasteiger partial charge in [-0.05, 0) is 123 Å². The average Bonchev–Trinajstić information content (AvgIpc) is 1.51. The topological polar surface area (TPSA) is 246 Å². The van der Waals surface area contributed by atoms with Crippen LogP contribution in [0.5, 0.6) is 23.0 Å². The van der Waals surface area contributed by atoms with E-state index < -0.39 is 80.4 Å². The zero-order valence-electron chi connectivity index (χ0n) is 63.6. The lowest BCUT2D eigenvalue weighted by molar-refractivity contribution is -0.216. The van der Waals surface area contributed by atoms with Crippen LogP contribution in [-0.4, -0.2) is 216 Å². The number of carbonyl (C=O) groups is 5. The van der Waals surface area contributed by atoms with Gasteiger partial charge < -0.3 is 68.8 Å². The number of rotatable bonds is 17. The first-order valence-corrected chi connectivity index (χ1v) is 37.9. The number of anilines is 2. The van der Waals surface area contributed by atoms with Gasteiger partial charge in [0.15, 0.2) is 0 Å². The number of para-hydroxylation sites is 3. The molecule has 2 spiro atoms. The van der Waals surface area contributed by atoms with Gasteiger partial charge in [-0.1, -0.05) is 105 Å². The molecule has 5 N–H and O–H groups in total. The van der Waals surface area contributed by atoms with E-state index in [0.29, 0.717) is 66.2 Å². The van der Waals surface area contributed by atoms with Crippen molar-refractivity contribution in [2.45, 2.75) is 143 Å². The first kappa shape index (κ1) is 73.3. The van der Waals surface area contributed by atoms with Crippen LogP contribution < -0.4 is 39.4 Å². The van der Waals surface area contributed by atoms with Crippen molar-refractivity contribution < 1.29 is 67.3 Å². The number of carbonyl (C=O) groups excluding carboxylic acids is 5. The number of aliphatic hydroxyl groups is 2. The molecule has 16 rings (SSSR count). The summed E-state index contributed by atoms with van der Waals surface area (Å²) >= 11 is 0. The molecule has 566 valence electrons. The Morgan fingerprint density at radius 3 is 1.65 bits per heavy atom. The molecule has 2 saturated carbocycles. The van der Waals surface area contributed by atoms with Crippen LogP contribution in [0.25, 0.3) is 10.9 Å². The second kappa shape index (κ2) is 27.5. The number of fused-ring (bicyclic) bond motifs is 7. The van der Waals surface area contributed by atoms with Crippen molar-refractivity contribution in [2.24, 2.45) is 16.7 Å². The largest absolute Gasteiger partial charge is 0.497 e. The number of likely N-dealkylation sites (N-methyl/N-ethyl adjacent to an activating group) is 2. The highest BCUT2D eigenvalue weighted by Gasteiger charge is 2.80. The summed E-state index contributed by atoms with van der Waals surface area (Å²) in [6.45, 7) is 14.4. The number of ether oxygens (including phenoxy) is 7. The molecule has 2 saturated heterocycles. The van der Waals surface area contributed by atoms with Gasteiger partial charge in [0, 0.05) is 140 Å². The molecular formula is C85H102N8O14. The molecule has 22 nitrogen and oxygen atoms in total. The zero-order valence-corrected chi connectivity index (χ0v) is 63.6. The predicted molar refractivity (Wildman–Crippen MR) is 407 cm³/mol. The lowest BCUT2D eigenvalue weighted by Crippen LogP contribution is -2.81. The lowest BCUT2D eigenvalue weighted by Gasteiger charge is -2.64. The number of aromatic nitrogens is 1. The van der Waals surface area contributed by atoms with Crippen molar-refractivity contribution in [3.8, 4) is 23.0 Å². The van der Waals surface area contributed by atoms with Gasteiger partial charge in [0.05, 0.1) is 71.8 Å². The van der Waals surface area contributed by atoms with E-state index >= 15 is 4.79 Å². The van der Waals surface area contributed by atoms with E-state index in [0.717, 1.165) is 109 Å². The minimum atomic E-state index is -1.84. The first-order valence-electron chi connectivity index (χ1n) is 37.9. The fourth-order valence-electron chi connectivity index (χ4n) is 22.9. The van der Waals surface area contributed by atoms with Gasteiger partial charge in [-0.2, -0.15) is 0 Å². The molecule has 3 unspecified atom stereocenters. The molecule has 2 aliphatic carbocycles. The van der Waals surface area contributed by atoms with Gasteiger partial charge in [-0.15, -0.1) is 0 Å². The maximum Gasteiger partial charge on any atom is 0.322 e. The third-order valence-electron chi connectivity index (χ3n) is 26.6. The number of amides is 2. The number of aromatic amines is 1. The van der Waals surface area contributed by atoms with Gasteiger partial charge in [0.1, 0.15) is 51.8 Å². The van der Waals surface area contributed by atoms with Gasteiger partial charge in [0.25, 0.3) is 11.8 Å². The van der Waals surface area contributed by atoms with Crippen molar-refractivity contribution in [3.05, 3.63) is 178 Å². The second-order valence-corrected chi connectivity index (χ2v) is 31.4. The zero-order chi connectivity index (χ0) is 75.5. The van der Waals surface area contributed by atoms with E-state index in [4.69, 9.17) is 33.2 Å². The van der Waals surface area contributed by atoms with E-state index in [9.17, 15) is 29.4 Å². The van der Waals surface area contributed by atoms with Gasteiger partial charge in [-0.25, -0.2) is 0 Å². The summed E-state index contributed by atoms with van der Waals surface area (Å²) in [6.07, 6.45) is 13.8. The predicted octanol–water partition coefficient (Wildman–Crippen LogP) is 8.97. The van der Waals surface area contributed by atoms with Crippen LogP contribution in [0.4, 0.5) is 11.4 Å². The van der Waals surface area contributed by atoms with Crippen molar-refractivity contribution in [1.29, 1.82) is 0 Å². The number of hydrogen-bond acceptors (Lipinski definition) is 19. The molecule has 15 atom stereocenters. The third kappa shape index (κ3) is 10.7. The highest BCUT2D eigenvalue weighted by atomic mass is 16.6. The molecule has 2 amide bonds. The second-order valence-electron chi connectivity index (χ2n) is 31.4. The molecule has 4 fully saturated rings. The Balaban J connectivity index is 0.000000191. The molecule has 1 aromatic heterocycles. The van der Waals surface area contributed by atoms with E-state index in [1.807, 2.05) is 38.4 Å². The third-order valence-corrected chi connectivity index (χ3v) is 26.6. The van der Waals surface area contributed by atoms with Gasteiger partial charge in [0.2, 0.25) is 0 Å². The highest BCUT2D eigenvalue weighted by molar-refractivity contribution is 5.98. The number of methoxy groups -OCH3 is 5. The summed E-state index contributed by atoms with van der Waals surface area (Å²) in [5.74, 6) is -0.0168. The van der Waals surface area contributed by atoms with Crippen LogP contribution in [0.15, 0.2) is 139 Å². The van der Waals surface area contributed by atoms with E-state index in [2.05, 4.69) is 122 Å². The Hall–Kier alpha value is -9.19. The lowest BCUT2D eigenvalue weighted by atomic mass is 9.47. The quantitative estimate of drug-likeness (QED) is 0.0325. The summed E-state index contributed by atoms with van der Waals surface area (Å²) in [5.41, 5.74) is 1.94. The summed E-state index contributed by atoms with van der Waals surface area (Å²) in [7, 11) is 11.8. The monoisotopic (exact) mass is 1460 g/mol. The maximum absolute atomic E-state index is 15.5. The average molecular weight is 1460 g/mol. The standard InChI is InChI=1S/C53H63N5O8.C32H39N3O6/c1-8-33-25-34-28-52(49(61)65-7,44-36(19-23-57(29-33)30-34)35-15-10-12-17-40(35)55-44)39-26-38-41(27-43(39)64-6)56(4)47-51(38)21-24-58-22-14-20-50(9-2,46(51)58)48(66-32(3)59)53(47,62)31-54-45(60)37-16-11-13-18-42(37)63-5;1-6-30-14-9-16-35-17-15-31(27(30)35)23-13-12-21(39-4)18-24(23)34(3)28(31)32(38,29(30)41-20(2)36)19-33-26(37)22-10-7-8-11-25(22)40-5/h10-18,20,25-27,34,46-48,55,62H,8-9,19,21-24,28-31H2,1-7H3,(H,54,60);7-14,18,27-29,38H,6,15-17,19H2,1-5H3,(H,33,37)/t34-,46?,47+,48+,50+,51+,52-,53-;27?,28-,29-,30-,31-,32+/m01/s1. The summed E-state index contributed by atoms with van der Waals surface area (Å²) in [4.78, 5) is 84.9.